The maximum absolute atomic E-state index is 12.5. The predicted octanol–water partition coefficient (Wildman–Crippen LogP) is 5.97. The largest absolute Gasteiger partial charge is 0.454 e. The zero-order valence-corrected chi connectivity index (χ0v) is 13.6. The lowest BCUT2D eigenvalue weighted by molar-refractivity contribution is -0.0885. The number of hydrogen-bond donors (Lipinski definition) is 0. The molecule has 0 unspecified atom stereocenters. The van der Waals surface area contributed by atoms with Crippen molar-refractivity contribution in [3.05, 3.63) is 52.6 Å². The Morgan fingerprint density at radius 2 is 1.91 bits per heavy atom. The maximum atomic E-state index is 12.5. The number of allylic oxidation sites excluding steroid dienone is 3. The smallest absolute Gasteiger partial charge is 0.284 e. The third-order valence-electron chi connectivity index (χ3n) is 4.39. The van der Waals surface area contributed by atoms with Gasteiger partial charge in [0.15, 0.2) is 0 Å². The number of hydrogen-bond acceptors (Lipinski definition) is 1. The van der Waals surface area contributed by atoms with Gasteiger partial charge in [0.05, 0.1) is 0 Å². The Labute approximate surface area is 134 Å². The van der Waals surface area contributed by atoms with Gasteiger partial charge < -0.3 is 0 Å². The van der Waals surface area contributed by atoms with Gasteiger partial charge in [-0.25, -0.2) is 0 Å². The van der Waals surface area contributed by atoms with Gasteiger partial charge in [0.25, 0.3) is 5.78 Å². The molecule has 0 atom stereocenters. The van der Waals surface area contributed by atoms with Crippen LogP contribution >= 0.6 is 0 Å². The van der Waals surface area contributed by atoms with E-state index in [-0.39, 0.29) is 11.0 Å². The molecule has 0 radical (unpaired) electrons. The highest BCUT2D eigenvalue weighted by Gasteiger charge is 2.39. The highest BCUT2D eigenvalue weighted by molar-refractivity contribution is 6.00. The number of carbonyl (C=O) groups is 1. The molecule has 4 heteroatoms. The van der Waals surface area contributed by atoms with E-state index in [9.17, 15) is 18.0 Å². The average Bonchev–Trinajstić information content (AvgIpc) is 2.44. The van der Waals surface area contributed by atoms with Crippen molar-refractivity contribution in [3.8, 4) is 0 Å². The van der Waals surface area contributed by atoms with Gasteiger partial charge in [0.2, 0.25) is 0 Å². The summed E-state index contributed by atoms with van der Waals surface area (Å²) in [4.78, 5) is 11.3. The van der Waals surface area contributed by atoms with E-state index in [4.69, 9.17) is 0 Å². The molecule has 1 nitrogen and oxygen atoms in total. The van der Waals surface area contributed by atoms with Crippen LogP contribution in [0, 0.1) is 5.41 Å². The zero-order chi connectivity index (χ0) is 17.3. The van der Waals surface area contributed by atoms with Gasteiger partial charge in [-0.05, 0) is 48.8 Å². The Kier molecular flexibility index (Phi) is 4.83. The van der Waals surface area contributed by atoms with Crippen molar-refractivity contribution < 1.29 is 18.0 Å². The quantitative estimate of drug-likeness (QED) is 0.626. The summed E-state index contributed by atoms with van der Waals surface area (Å²) < 4.78 is 37.6. The molecule has 124 valence electrons. The lowest BCUT2D eigenvalue weighted by Gasteiger charge is -2.32. The van der Waals surface area contributed by atoms with Gasteiger partial charge in [-0.1, -0.05) is 49.8 Å². The predicted molar refractivity (Wildman–Crippen MR) is 86.2 cm³/mol. The average molecular weight is 322 g/mol. The molecule has 0 aromatic heterocycles. The van der Waals surface area contributed by atoms with E-state index in [0.29, 0.717) is 5.56 Å². The van der Waals surface area contributed by atoms with E-state index in [0.717, 1.165) is 19.3 Å². The first-order valence-electron chi connectivity index (χ1n) is 7.71. The van der Waals surface area contributed by atoms with Crippen LogP contribution < -0.4 is 0 Å². The van der Waals surface area contributed by atoms with Gasteiger partial charge in [0.1, 0.15) is 0 Å². The topological polar surface area (TPSA) is 17.1 Å². The summed E-state index contributed by atoms with van der Waals surface area (Å²) in [5.41, 5.74) is 2.89. The number of Topliss-reactive ketones (excluding diaryl/α,β-unsaturated/α-hetero) is 1. The summed E-state index contributed by atoms with van der Waals surface area (Å²) in [5.74, 6) is -1.80. The van der Waals surface area contributed by atoms with Crippen LogP contribution in [0.5, 0.6) is 0 Å². The molecule has 0 aliphatic heterocycles. The lowest BCUT2D eigenvalue weighted by Crippen LogP contribution is -2.22. The Balaban J connectivity index is 2.29. The molecule has 0 saturated carbocycles. The first kappa shape index (κ1) is 17.5. The van der Waals surface area contributed by atoms with Crippen molar-refractivity contribution in [2.24, 2.45) is 5.41 Å². The standard InChI is InChI=1S/C19H21F3O/c1-13-6-5-11-18(2,3)16(13)10-9-14-7-4-8-15(12-14)17(23)19(20,21)22/h4,7-10,12H,5-6,11H2,1-3H3. The molecule has 0 saturated heterocycles. The summed E-state index contributed by atoms with van der Waals surface area (Å²) in [6.07, 6.45) is 2.23. The number of benzene rings is 1. The van der Waals surface area contributed by atoms with Crippen LogP contribution in [0.2, 0.25) is 0 Å². The molecule has 1 aromatic carbocycles. The maximum Gasteiger partial charge on any atom is 0.454 e. The van der Waals surface area contributed by atoms with E-state index in [1.165, 1.54) is 29.3 Å². The summed E-state index contributed by atoms with van der Waals surface area (Å²) in [7, 11) is 0. The van der Waals surface area contributed by atoms with Crippen molar-refractivity contribution in [1.82, 2.24) is 0 Å². The summed E-state index contributed by atoms with van der Waals surface area (Å²) in [6.45, 7) is 6.46. The molecular weight excluding hydrogens is 301 g/mol. The minimum absolute atomic E-state index is 0.0677. The van der Waals surface area contributed by atoms with Crippen molar-refractivity contribution >= 4 is 11.9 Å². The van der Waals surface area contributed by atoms with Gasteiger partial charge in [-0.2, -0.15) is 13.2 Å². The van der Waals surface area contributed by atoms with E-state index in [1.807, 2.05) is 6.08 Å². The fourth-order valence-corrected chi connectivity index (χ4v) is 3.14. The molecule has 0 heterocycles. The van der Waals surface area contributed by atoms with E-state index in [2.05, 4.69) is 20.8 Å². The molecule has 1 aliphatic carbocycles. The molecule has 1 aromatic rings. The molecule has 0 bridgehead atoms. The van der Waals surface area contributed by atoms with Crippen LogP contribution in [0.3, 0.4) is 0 Å². The second-order valence-corrected chi connectivity index (χ2v) is 6.72. The van der Waals surface area contributed by atoms with Gasteiger partial charge in [0, 0.05) is 5.56 Å². The van der Waals surface area contributed by atoms with Crippen LogP contribution in [-0.2, 0) is 0 Å². The summed E-state index contributed by atoms with van der Waals surface area (Å²) in [5, 5.41) is 0. The number of halogens is 3. The second-order valence-electron chi connectivity index (χ2n) is 6.72. The third kappa shape index (κ3) is 4.12. The van der Waals surface area contributed by atoms with Gasteiger partial charge >= 0.3 is 6.18 Å². The fourth-order valence-electron chi connectivity index (χ4n) is 3.14. The lowest BCUT2D eigenvalue weighted by atomic mass is 9.72. The molecular formula is C19H21F3O. The number of alkyl halides is 3. The van der Waals surface area contributed by atoms with Crippen LogP contribution in [0.4, 0.5) is 13.2 Å². The highest BCUT2D eigenvalue weighted by Crippen LogP contribution is 2.41. The van der Waals surface area contributed by atoms with E-state index < -0.39 is 12.0 Å². The van der Waals surface area contributed by atoms with Crippen LogP contribution in [-0.4, -0.2) is 12.0 Å². The van der Waals surface area contributed by atoms with Crippen LogP contribution in [0.1, 0.15) is 56.0 Å². The normalized spacial score (nSPS) is 18.5. The van der Waals surface area contributed by atoms with Crippen LogP contribution in [0.15, 0.2) is 41.5 Å². The Morgan fingerprint density at radius 3 is 2.52 bits per heavy atom. The first-order chi connectivity index (χ1) is 10.6. The number of carbonyl (C=O) groups excluding carboxylic acids is 1. The summed E-state index contributed by atoms with van der Waals surface area (Å²) >= 11 is 0. The SMILES string of the molecule is CC1=C(C=Cc2cccc(C(=O)C(F)(F)F)c2)C(C)(C)CCC1. The highest BCUT2D eigenvalue weighted by atomic mass is 19.4. The second kappa shape index (κ2) is 6.34. The van der Waals surface area contributed by atoms with Gasteiger partial charge in [-0.15, -0.1) is 0 Å². The molecule has 2 rings (SSSR count). The van der Waals surface area contributed by atoms with Crippen molar-refractivity contribution in [3.63, 3.8) is 0 Å². The van der Waals surface area contributed by atoms with Crippen molar-refractivity contribution in [1.29, 1.82) is 0 Å². The minimum atomic E-state index is -4.84. The molecule has 0 N–H and O–H groups in total. The Morgan fingerprint density at radius 1 is 1.22 bits per heavy atom. The zero-order valence-electron chi connectivity index (χ0n) is 13.6. The molecule has 0 amide bonds. The van der Waals surface area contributed by atoms with E-state index >= 15 is 0 Å². The Bertz CT molecular complexity index is 663. The third-order valence-corrected chi connectivity index (χ3v) is 4.39. The van der Waals surface area contributed by atoms with Crippen LogP contribution in [0.25, 0.3) is 6.08 Å². The number of ketones is 1. The number of rotatable bonds is 3. The van der Waals surface area contributed by atoms with Gasteiger partial charge in [-0.3, -0.25) is 4.79 Å². The molecule has 1 aliphatic rings. The molecule has 0 spiro atoms. The summed E-state index contributed by atoms with van der Waals surface area (Å²) in [6, 6.07) is 5.67. The van der Waals surface area contributed by atoms with E-state index in [1.54, 1.807) is 12.1 Å². The molecule has 0 fully saturated rings. The monoisotopic (exact) mass is 322 g/mol. The molecule has 23 heavy (non-hydrogen) atoms. The van der Waals surface area contributed by atoms with Crippen molar-refractivity contribution in [2.45, 2.75) is 46.2 Å². The first-order valence-corrected chi connectivity index (χ1v) is 7.71. The van der Waals surface area contributed by atoms with Crippen molar-refractivity contribution in [2.75, 3.05) is 0 Å². The minimum Gasteiger partial charge on any atom is -0.284 e. The Hall–Kier alpha value is -1.84. The fraction of sp³-hybridized carbons (Fsp3) is 0.421.